The molecule has 3 amide bonds. The van der Waals surface area contributed by atoms with Crippen LogP contribution in [-0.4, -0.2) is 64.6 Å². The lowest BCUT2D eigenvalue weighted by molar-refractivity contribution is 0.0141. The number of carbonyl (C=O) groups is 3. The van der Waals surface area contributed by atoms with Crippen molar-refractivity contribution in [3.8, 4) is 16.9 Å². The van der Waals surface area contributed by atoms with Crippen LogP contribution >= 0.6 is 0 Å². The van der Waals surface area contributed by atoms with Gasteiger partial charge in [-0.1, -0.05) is 37.3 Å². The third-order valence-electron chi connectivity index (χ3n) is 6.51. The van der Waals surface area contributed by atoms with E-state index >= 15 is 0 Å². The number of hydrogen-bond acceptors (Lipinski definition) is 5. The molecule has 4 rings (SSSR count). The second-order valence-corrected chi connectivity index (χ2v) is 10.6. The molecule has 0 aromatic heterocycles. The fourth-order valence-corrected chi connectivity index (χ4v) is 4.39. The average molecular weight is 530 g/mol. The van der Waals surface area contributed by atoms with Gasteiger partial charge in [0.05, 0.1) is 11.1 Å². The minimum atomic E-state index is -0.597. The molecule has 0 saturated carbocycles. The minimum absolute atomic E-state index is 0.109. The van der Waals surface area contributed by atoms with Crippen LogP contribution in [0.25, 0.3) is 11.1 Å². The van der Waals surface area contributed by atoms with Gasteiger partial charge in [0.2, 0.25) is 0 Å². The first-order valence-electron chi connectivity index (χ1n) is 13.1. The van der Waals surface area contributed by atoms with E-state index in [1.807, 2.05) is 51.1 Å². The SMILES string of the molecule is CCc1ccc(NC(=O)c2cc(-c3cccc(O)c3)ccc2C(=O)N2CCN(C(=O)OC(C)(C)C)CC2)cc1. The number of phenols is 1. The van der Waals surface area contributed by atoms with Gasteiger partial charge in [0, 0.05) is 31.9 Å². The standard InChI is InChI=1S/C31H35N3O5/c1-5-21-9-12-24(13-10-21)32-28(36)27-20-23(22-7-6-8-25(35)19-22)11-14-26(27)29(37)33-15-17-34(18-16-33)30(38)39-31(2,3)4/h6-14,19-20,35H,5,15-18H2,1-4H3,(H,32,36). The lowest BCUT2D eigenvalue weighted by Crippen LogP contribution is -2.51. The van der Waals surface area contributed by atoms with Gasteiger partial charge in [0.25, 0.3) is 11.8 Å². The second kappa shape index (κ2) is 11.6. The molecular weight excluding hydrogens is 494 g/mol. The second-order valence-electron chi connectivity index (χ2n) is 10.6. The summed E-state index contributed by atoms with van der Waals surface area (Å²) in [6.45, 7) is 8.84. The van der Waals surface area contributed by atoms with Crippen molar-refractivity contribution >= 4 is 23.6 Å². The number of nitrogens with zero attached hydrogens (tertiary/aromatic N) is 2. The molecule has 204 valence electrons. The van der Waals surface area contributed by atoms with E-state index in [0.717, 1.165) is 17.5 Å². The summed E-state index contributed by atoms with van der Waals surface area (Å²) in [6.07, 6.45) is 0.485. The van der Waals surface area contributed by atoms with E-state index in [1.54, 1.807) is 46.2 Å². The van der Waals surface area contributed by atoms with Crippen molar-refractivity contribution in [1.29, 1.82) is 0 Å². The number of ether oxygens (including phenoxy) is 1. The normalized spacial score (nSPS) is 13.6. The van der Waals surface area contributed by atoms with Crippen molar-refractivity contribution in [3.63, 3.8) is 0 Å². The third kappa shape index (κ3) is 6.96. The molecule has 8 nitrogen and oxygen atoms in total. The summed E-state index contributed by atoms with van der Waals surface area (Å²) >= 11 is 0. The van der Waals surface area contributed by atoms with Crippen molar-refractivity contribution in [3.05, 3.63) is 83.4 Å². The Morgan fingerprint density at radius 3 is 2.10 bits per heavy atom. The molecule has 39 heavy (non-hydrogen) atoms. The monoisotopic (exact) mass is 529 g/mol. The molecule has 1 fully saturated rings. The molecular formula is C31H35N3O5. The number of nitrogens with one attached hydrogen (secondary N) is 1. The molecule has 1 heterocycles. The largest absolute Gasteiger partial charge is 0.508 e. The molecule has 3 aromatic rings. The topological polar surface area (TPSA) is 99.2 Å². The van der Waals surface area contributed by atoms with E-state index < -0.39 is 17.6 Å². The first-order chi connectivity index (χ1) is 18.5. The molecule has 2 N–H and O–H groups in total. The highest BCUT2D eigenvalue weighted by molar-refractivity contribution is 6.12. The van der Waals surface area contributed by atoms with E-state index in [9.17, 15) is 19.5 Å². The Kier molecular flexibility index (Phi) is 8.24. The summed E-state index contributed by atoms with van der Waals surface area (Å²) in [4.78, 5) is 42.8. The van der Waals surface area contributed by atoms with Crippen molar-refractivity contribution in [2.45, 2.75) is 39.7 Å². The van der Waals surface area contributed by atoms with Gasteiger partial charge in [-0.3, -0.25) is 9.59 Å². The summed E-state index contributed by atoms with van der Waals surface area (Å²) in [5, 5.41) is 12.9. The number of aromatic hydroxyl groups is 1. The van der Waals surface area contributed by atoms with Gasteiger partial charge in [-0.25, -0.2) is 4.79 Å². The Morgan fingerprint density at radius 2 is 1.49 bits per heavy atom. The van der Waals surface area contributed by atoms with Crippen molar-refractivity contribution in [2.24, 2.45) is 0 Å². The van der Waals surface area contributed by atoms with Crippen LogP contribution in [0.1, 0.15) is 54.0 Å². The fraction of sp³-hybridized carbons (Fsp3) is 0.323. The van der Waals surface area contributed by atoms with Crippen molar-refractivity contribution in [1.82, 2.24) is 9.80 Å². The van der Waals surface area contributed by atoms with Crippen LogP contribution in [-0.2, 0) is 11.2 Å². The fourth-order valence-electron chi connectivity index (χ4n) is 4.39. The van der Waals surface area contributed by atoms with Crippen LogP contribution in [0.2, 0.25) is 0 Å². The van der Waals surface area contributed by atoms with E-state index in [2.05, 4.69) is 12.2 Å². The van der Waals surface area contributed by atoms with Crippen LogP contribution in [0.5, 0.6) is 5.75 Å². The van der Waals surface area contributed by atoms with Gasteiger partial charge >= 0.3 is 6.09 Å². The number of piperazine rings is 1. The minimum Gasteiger partial charge on any atom is -0.508 e. The molecule has 0 aliphatic carbocycles. The van der Waals surface area contributed by atoms with Gasteiger partial charge in [0.1, 0.15) is 11.4 Å². The van der Waals surface area contributed by atoms with Crippen LogP contribution in [0.15, 0.2) is 66.7 Å². The molecule has 0 atom stereocenters. The van der Waals surface area contributed by atoms with E-state index in [0.29, 0.717) is 37.4 Å². The summed E-state index contributed by atoms with van der Waals surface area (Å²) in [6, 6.07) is 19.4. The summed E-state index contributed by atoms with van der Waals surface area (Å²) < 4.78 is 5.46. The van der Waals surface area contributed by atoms with E-state index in [4.69, 9.17) is 4.74 Å². The Bertz CT molecular complexity index is 1350. The molecule has 8 heteroatoms. The highest BCUT2D eigenvalue weighted by Gasteiger charge is 2.30. The molecule has 0 unspecified atom stereocenters. The highest BCUT2D eigenvalue weighted by Crippen LogP contribution is 2.27. The molecule has 1 saturated heterocycles. The first kappa shape index (κ1) is 27.7. The number of benzene rings is 3. The maximum absolute atomic E-state index is 13.6. The van der Waals surface area contributed by atoms with Gasteiger partial charge in [-0.05, 0) is 80.3 Å². The van der Waals surface area contributed by atoms with Crippen LogP contribution in [0.3, 0.4) is 0 Å². The summed E-state index contributed by atoms with van der Waals surface area (Å²) in [5.74, 6) is -0.581. The summed E-state index contributed by atoms with van der Waals surface area (Å²) in [5.41, 5.74) is 3.11. The molecule has 0 radical (unpaired) electrons. The van der Waals surface area contributed by atoms with Crippen molar-refractivity contribution < 1.29 is 24.2 Å². The molecule has 1 aliphatic rings. The zero-order valence-corrected chi connectivity index (χ0v) is 22.9. The zero-order chi connectivity index (χ0) is 28.2. The number of anilines is 1. The maximum atomic E-state index is 13.6. The molecule has 3 aromatic carbocycles. The average Bonchev–Trinajstić information content (AvgIpc) is 2.92. The predicted octanol–water partition coefficient (Wildman–Crippen LogP) is 5.57. The highest BCUT2D eigenvalue weighted by atomic mass is 16.6. The smallest absolute Gasteiger partial charge is 0.410 e. The summed E-state index contributed by atoms with van der Waals surface area (Å²) in [7, 11) is 0. The predicted molar refractivity (Wildman–Crippen MR) is 151 cm³/mol. The molecule has 0 bridgehead atoms. The van der Waals surface area contributed by atoms with Gasteiger partial charge < -0.3 is 25.0 Å². The molecule has 0 spiro atoms. The van der Waals surface area contributed by atoms with Gasteiger partial charge in [-0.15, -0.1) is 0 Å². The number of carbonyl (C=O) groups excluding carboxylic acids is 3. The van der Waals surface area contributed by atoms with Crippen LogP contribution < -0.4 is 5.32 Å². The number of rotatable bonds is 5. The first-order valence-corrected chi connectivity index (χ1v) is 13.1. The van der Waals surface area contributed by atoms with E-state index in [1.165, 1.54) is 0 Å². The van der Waals surface area contributed by atoms with Crippen LogP contribution in [0, 0.1) is 0 Å². The number of hydrogen-bond donors (Lipinski definition) is 2. The quantitative estimate of drug-likeness (QED) is 0.450. The third-order valence-corrected chi connectivity index (χ3v) is 6.51. The number of aryl methyl sites for hydroxylation is 1. The maximum Gasteiger partial charge on any atom is 0.410 e. The Balaban J connectivity index is 1.59. The number of amides is 3. The Labute approximate surface area is 229 Å². The lowest BCUT2D eigenvalue weighted by Gasteiger charge is -2.35. The lowest BCUT2D eigenvalue weighted by atomic mass is 9.97. The zero-order valence-electron chi connectivity index (χ0n) is 22.9. The van der Waals surface area contributed by atoms with Crippen LogP contribution in [0.4, 0.5) is 10.5 Å². The Hall–Kier alpha value is -4.33. The van der Waals surface area contributed by atoms with Gasteiger partial charge in [-0.2, -0.15) is 0 Å². The van der Waals surface area contributed by atoms with Gasteiger partial charge in [0.15, 0.2) is 0 Å². The number of phenolic OH excluding ortho intramolecular Hbond substituents is 1. The van der Waals surface area contributed by atoms with Crippen molar-refractivity contribution in [2.75, 3.05) is 31.5 Å². The Morgan fingerprint density at radius 1 is 0.846 bits per heavy atom. The van der Waals surface area contributed by atoms with E-state index in [-0.39, 0.29) is 22.8 Å². The molecule has 1 aliphatic heterocycles.